The lowest BCUT2D eigenvalue weighted by atomic mass is 10.1. The van der Waals surface area contributed by atoms with Crippen molar-refractivity contribution in [3.05, 3.63) is 136 Å². The monoisotopic (exact) mass is 796 g/mol. The van der Waals surface area contributed by atoms with Gasteiger partial charge in [0.15, 0.2) is 6.23 Å². The summed E-state index contributed by atoms with van der Waals surface area (Å²) < 4.78 is 44.4. The first-order valence-corrected chi connectivity index (χ1v) is 18.0. The molecule has 4 atom stereocenters. The van der Waals surface area contributed by atoms with Crippen molar-refractivity contribution in [1.82, 2.24) is 9.13 Å². The molecule has 0 amide bonds. The van der Waals surface area contributed by atoms with E-state index in [9.17, 15) is 9.59 Å². The maximum atomic E-state index is 14.0. The first-order valence-electron chi connectivity index (χ1n) is 16.5. The average Bonchev–Trinajstić information content (AvgIpc) is 3.46. The van der Waals surface area contributed by atoms with Crippen molar-refractivity contribution < 1.29 is 33.2 Å². The van der Waals surface area contributed by atoms with E-state index in [-0.39, 0.29) is 46.4 Å². The van der Waals surface area contributed by atoms with Crippen LogP contribution in [0.3, 0.4) is 0 Å². The lowest BCUT2D eigenvalue weighted by Gasteiger charge is -2.26. The maximum absolute atomic E-state index is 14.0. The number of ether oxygens (including phenoxy) is 7. The predicted molar refractivity (Wildman–Crippen MR) is 198 cm³/mol. The van der Waals surface area contributed by atoms with Crippen LogP contribution in [-0.2, 0) is 59.7 Å². The minimum absolute atomic E-state index is 0.0340. The van der Waals surface area contributed by atoms with Gasteiger partial charge in [-0.15, -0.1) is 0 Å². The Balaban J connectivity index is 1.44. The molecule has 1 saturated heterocycles. The van der Waals surface area contributed by atoms with Gasteiger partial charge in [-0.05, 0) is 47.9 Å². The van der Waals surface area contributed by atoms with E-state index in [2.05, 4.69) is 0 Å². The summed E-state index contributed by atoms with van der Waals surface area (Å²) >= 11 is 25.1. The van der Waals surface area contributed by atoms with Gasteiger partial charge in [0.1, 0.15) is 25.0 Å². The van der Waals surface area contributed by atoms with E-state index in [1.165, 1.54) is 10.8 Å². The van der Waals surface area contributed by atoms with E-state index in [1.54, 1.807) is 50.4 Å². The smallest absolute Gasteiger partial charge is 0.335 e. The first-order chi connectivity index (χ1) is 25.2. The molecular weight excluding hydrogens is 758 g/mol. The number of rotatable bonds is 19. The minimum Gasteiger partial charge on any atom is -0.382 e. The lowest BCUT2D eigenvalue weighted by molar-refractivity contribution is -0.0978. The average molecular weight is 799 g/mol. The highest BCUT2D eigenvalue weighted by atomic mass is 35.5. The van der Waals surface area contributed by atoms with Gasteiger partial charge >= 0.3 is 5.69 Å². The molecule has 0 radical (unpaired) electrons. The van der Waals surface area contributed by atoms with Crippen molar-refractivity contribution in [2.24, 2.45) is 0 Å². The molecule has 0 N–H and O–H groups in total. The zero-order valence-electron chi connectivity index (χ0n) is 28.7. The van der Waals surface area contributed by atoms with Gasteiger partial charge in [0.25, 0.3) is 5.56 Å². The second-order valence-electron chi connectivity index (χ2n) is 12.0. The molecule has 0 bridgehead atoms. The molecule has 15 heteroatoms. The molecule has 280 valence electrons. The van der Waals surface area contributed by atoms with Gasteiger partial charge in [-0.1, -0.05) is 88.9 Å². The summed E-state index contributed by atoms with van der Waals surface area (Å²) in [6.45, 7) is 2.96. The normalized spacial score (nSPS) is 18.7. The number of benzene rings is 3. The molecule has 4 aromatic rings. The molecule has 0 unspecified atom stereocenters. The van der Waals surface area contributed by atoms with Crippen LogP contribution in [0, 0.1) is 6.92 Å². The van der Waals surface area contributed by atoms with Crippen molar-refractivity contribution in [3.8, 4) is 0 Å². The molecule has 1 aliphatic heterocycles. The standard InChI is InChI=1S/C37H40Cl4N2O9/c1-24-18-42(37(45)43(35(24)44)23-49-19-25-6-4-3-5-7-25)36-34(50-15-14-47-13-12-46-2)33(51-21-27-9-11-29(39)17-31(27)41)32(52-36)22-48-20-26-8-10-28(38)16-30(26)40/h3-11,16-18,32-34,36H,12-15,19-23H2,1-2H3/t32-,33-,34-,36-/m1/s1. The van der Waals surface area contributed by atoms with E-state index in [0.717, 1.165) is 15.7 Å². The van der Waals surface area contributed by atoms with Crippen molar-refractivity contribution >= 4 is 46.4 Å². The Labute approximate surface area is 321 Å². The highest BCUT2D eigenvalue weighted by Gasteiger charge is 2.48. The van der Waals surface area contributed by atoms with Gasteiger partial charge in [0.2, 0.25) is 0 Å². The molecule has 0 saturated carbocycles. The molecule has 11 nitrogen and oxygen atoms in total. The van der Waals surface area contributed by atoms with Crippen molar-refractivity contribution in [2.45, 2.75) is 58.0 Å². The second-order valence-corrected chi connectivity index (χ2v) is 13.7. The predicted octanol–water partition coefficient (Wildman–Crippen LogP) is 6.85. The van der Waals surface area contributed by atoms with Crippen LogP contribution < -0.4 is 11.2 Å². The molecule has 2 heterocycles. The second kappa shape index (κ2) is 20.1. The van der Waals surface area contributed by atoms with E-state index in [0.29, 0.717) is 44.4 Å². The van der Waals surface area contributed by atoms with Gasteiger partial charge in [-0.25, -0.2) is 9.36 Å². The fourth-order valence-corrected chi connectivity index (χ4v) is 6.49. The molecule has 0 spiro atoms. The van der Waals surface area contributed by atoms with Crippen LogP contribution >= 0.6 is 46.4 Å². The SMILES string of the molecule is COCCOCCO[C@@H]1[C@H](OCc2ccc(Cl)cc2Cl)[C@@H](COCc2ccc(Cl)cc2Cl)O[C@H]1n1cc(C)c(=O)n(COCc2ccccc2)c1=O. The molecule has 1 aliphatic rings. The topological polar surface area (TPSA) is 109 Å². The summed E-state index contributed by atoms with van der Waals surface area (Å²) in [5.74, 6) is 0. The number of hydrogen-bond donors (Lipinski definition) is 0. The van der Waals surface area contributed by atoms with E-state index in [4.69, 9.17) is 79.6 Å². The third kappa shape index (κ3) is 10.9. The Morgan fingerprint density at radius 2 is 1.40 bits per heavy atom. The molecule has 52 heavy (non-hydrogen) atoms. The van der Waals surface area contributed by atoms with Crippen LogP contribution in [0.15, 0.2) is 82.5 Å². The van der Waals surface area contributed by atoms with E-state index in [1.807, 2.05) is 30.3 Å². The number of nitrogens with zero attached hydrogens (tertiary/aromatic N) is 2. The molecular formula is C37H40Cl4N2O9. The number of methoxy groups -OCH3 is 1. The molecule has 5 rings (SSSR count). The van der Waals surface area contributed by atoms with Crippen LogP contribution in [0.5, 0.6) is 0 Å². The lowest BCUT2D eigenvalue weighted by Crippen LogP contribution is -2.45. The highest BCUT2D eigenvalue weighted by molar-refractivity contribution is 6.35. The van der Waals surface area contributed by atoms with Gasteiger partial charge < -0.3 is 33.2 Å². The fourth-order valence-electron chi connectivity index (χ4n) is 5.56. The van der Waals surface area contributed by atoms with E-state index >= 15 is 0 Å². The molecule has 1 aromatic heterocycles. The summed E-state index contributed by atoms with van der Waals surface area (Å²) in [6.07, 6.45) is -1.97. The fraction of sp³-hybridized carbons (Fsp3) is 0.405. The summed E-state index contributed by atoms with van der Waals surface area (Å²) in [4.78, 5) is 27.3. The van der Waals surface area contributed by atoms with Crippen LogP contribution in [0.4, 0.5) is 0 Å². The van der Waals surface area contributed by atoms with Crippen LogP contribution in [0.25, 0.3) is 0 Å². The third-order valence-corrected chi connectivity index (χ3v) is 9.40. The Morgan fingerprint density at radius 1 is 0.731 bits per heavy atom. The van der Waals surface area contributed by atoms with Crippen molar-refractivity contribution in [3.63, 3.8) is 0 Å². The van der Waals surface area contributed by atoms with Crippen LogP contribution in [0.1, 0.15) is 28.5 Å². The van der Waals surface area contributed by atoms with Crippen molar-refractivity contribution in [1.29, 1.82) is 0 Å². The summed E-state index contributed by atoms with van der Waals surface area (Å²) in [6, 6.07) is 19.7. The minimum atomic E-state index is -1.04. The Morgan fingerprint density at radius 3 is 2.08 bits per heavy atom. The molecule has 1 fully saturated rings. The molecule has 0 aliphatic carbocycles. The molecule has 3 aromatic carbocycles. The summed E-state index contributed by atoms with van der Waals surface area (Å²) in [5, 5.41) is 1.86. The number of halogens is 4. The quantitative estimate of drug-likeness (QED) is 0.0942. The maximum Gasteiger partial charge on any atom is 0.335 e. The van der Waals surface area contributed by atoms with Crippen molar-refractivity contribution in [2.75, 3.05) is 40.1 Å². The Kier molecular flexibility index (Phi) is 15.6. The van der Waals surface area contributed by atoms with Gasteiger partial charge in [-0.2, -0.15) is 0 Å². The first kappa shape index (κ1) is 40.4. The van der Waals surface area contributed by atoms with Gasteiger partial charge in [-0.3, -0.25) is 9.36 Å². The van der Waals surface area contributed by atoms with Crippen LogP contribution in [0.2, 0.25) is 20.1 Å². The van der Waals surface area contributed by atoms with Crippen LogP contribution in [-0.4, -0.2) is 67.6 Å². The number of aryl methyl sites for hydroxylation is 1. The number of hydrogen-bond acceptors (Lipinski definition) is 9. The Bertz CT molecular complexity index is 1870. The van der Waals surface area contributed by atoms with E-state index < -0.39 is 35.8 Å². The van der Waals surface area contributed by atoms with Gasteiger partial charge in [0, 0.05) is 39.0 Å². The summed E-state index contributed by atoms with van der Waals surface area (Å²) in [5.41, 5.74) is 1.47. The number of aromatic nitrogens is 2. The zero-order valence-corrected chi connectivity index (χ0v) is 31.7. The zero-order chi connectivity index (χ0) is 37.0. The largest absolute Gasteiger partial charge is 0.382 e. The third-order valence-electron chi connectivity index (χ3n) is 8.23. The summed E-state index contributed by atoms with van der Waals surface area (Å²) in [7, 11) is 1.59. The highest BCUT2D eigenvalue weighted by Crippen LogP contribution is 2.35. The Hall–Kier alpha value is -2.78. The van der Waals surface area contributed by atoms with Gasteiger partial charge in [0.05, 0.1) is 52.9 Å².